The van der Waals surface area contributed by atoms with Crippen LogP contribution in [0.5, 0.6) is 0 Å². The van der Waals surface area contributed by atoms with Crippen LogP contribution in [0.15, 0.2) is 30.5 Å². The van der Waals surface area contributed by atoms with E-state index in [-0.39, 0.29) is 24.8 Å². The van der Waals surface area contributed by atoms with Crippen molar-refractivity contribution in [2.45, 2.75) is 32.0 Å². The van der Waals surface area contributed by atoms with E-state index in [2.05, 4.69) is 15.5 Å². The molecule has 2 amide bonds. The molecule has 3 rings (SSSR count). The highest BCUT2D eigenvalue weighted by Crippen LogP contribution is 2.22. The number of aryl methyl sites for hydroxylation is 1. The summed E-state index contributed by atoms with van der Waals surface area (Å²) in [6, 6.07) is 6.44. The second-order valence-corrected chi connectivity index (χ2v) is 6.55. The van der Waals surface area contributed by atoms with Gasteiger partial charge in [0, 0.05) is 30.2 Å². The van der Waals surface area contributed by atoms with Gasteiger partial charge in [0.2, 0.25) is 5.91 Å². The Bertz CT molecular complexity index is 774. The van der Waals surface area contributed by atoms with Gasteiger partial charge in [-0.2, -0.15) is 5.10 Å². The van der Waals surface area contributed by atoms with Crippen LogP contribution in [-0.4, -0.2) is 50.7 Å². The highest BCUT2D eigenvalue weighted by Gasteiger charge is 2.39. The van der Waals surface area contributed by atoms with Crippen LogP contribution in [0.3, 0.4) is 0 Å². The van der Waals surface area contributed by atoms with Gasteiger partial charge in [-0.05, 0) is 24.6 Å². The third-order valence-electron chi connectivity index (χ3n) is 4.28. The van der Waals surface area contributed by atoms with Crippen molar-refractivity contribution in [3.8, 4) is 0 Å². The average Bonchev–Trinajstić information content (AvgIpc) is 3.19. The van der Waals surface area contributed by atoms with Crippen molar-refractivity contribution in [3.63, 3.8) is 0 Å². The van der Waals surface area contributed by atoms with Gasteiger partial charge in [0.05, 0.1) is 17.9 Å². The van der Waals surface area contributed by atoms with Crippen molar-refractivity contribution >= 4 is 23.4 Å². The SMILES string of the molecule is Cc1[nH]ncc1C(=O)N1CC(O)CC1C(=O)NCc1ccc(Cl)cc1. The minimum absolute atomic E-state index is 0.127. The number of hydrogen-bond donors (Lipinski definition) is 3. The Labute approximate surface area is 150 Å². The summed E-state index contributed by atoms with van der Waals surface area (Å²) in [6.07, 6.45) is 0.933. The maximum absolute atomic E-state index is 12.7. The Morgan fingerprint density at radius 2 is 2.12 bits per heavy atom. The molecule has 2 unspecified atom stereocenters. The second kappa shape index (κ2) is 7.25. The summed E-state index contributed by atoms with van der Waals surface area (Å²) in [5.41, 5.74) is 1.94. The van der Waals surface area contributed by atoms with E-state index in [1.54, 1.807) is 19.1 Å². The number of nitrogens with zero attached hydrogens (tertiary/aromatic N) is 2. The van der Waals surface area contributed by atoms with E-state index in [9.17, 15) is 14.7 Å². The number of β-amino-alcohol motifs (C(OH)–C–C–N with tert-alkyl or cyclic N) is 1. The molecule has 0 radical (unpaired) electrons. The monoisotopic (exact) mass is 362 g/mol. The van der Waals surface area contributed by atoms with E-state index in [0.717, 1.165) is 5.56 Å². The number of likely N-dealkylation sites (tertiary alicyclic amines) is 1. The van der Waals surface area contributed by atoms with Gasteiger partial charge in [-0.3, -0.25) is 14.7 Å². The number of carbonyl (C=O) groups is 2. The van der Waals surface area contributed by atoms with Crippen LogP contribution in [0, 0.1) is 6.92 Å². The number of amides is 2. The van der Waals surface area contributed by atoms with E-state index in [4.69, 9.17) is 11.6 Å². The van der Waals surface area contributed by atoms with Gasteiger partial charge in [-0.25, -0.2) is 0 Å². The summed E-state index contributed by atoms with van der Waals surface area (Å²) in [5.74, 6) is -0.601. The summed E-state index contributed by atoms with van der Waals surface area (Å²) < 4.78 is 0. The minimum Gasteiger partial charge on any atom is -0.391 e. The largest absolute Gasteiger partial charge is 0.391 e. The number of aromatic nitrogens is 2. The molecule has 2 atom stereocenters. The summed E-state index contributed by atoms with van der Waals surface area (Å²) in [5, 5.41) is 19.9. The third kappa shape index (κ3) is 3.83. The number of halogens is 1. The fourth-order valence-corrected chi connectivity index (χ4v) is 3.04. The highest BCUT2D eigenvalue weighted by molar-refractivity contribution is 6.30. The molecule has 8 heteroatoms. The predicted octanol–water partition coefficient (Wildman–Crippen LogP) is 1.26. The molecule has 0 aliphatic carbocycles. The molecular formula is C17H19ClN4O3. The number of rotatable bonds is 4. The van der Waals surface area contributed by atoms with Crippen LogP contribution in [0.2, 0.25) is 5.02 Å². The normalized spacial score (nSPS) is 19.9. The Morgan fingerprint density at radius 1 is 1.40 bits per heavy atom. The molecule has 1 aromatic heterocycles. The zero-order valence-electron chi connectivity index (χ0n) is 13.7. The smallest absolute Gasteiger partial charge is 0.258 e. The molecule has 0 spiro atoms. The van der Waals surface area contributed by atoms with Gasteiger partial charge in [-0.15, -0.1) is 0 Å². The molecule has 1 aromatic carbocycles. The molecule has 2 aromatic rings. The molecule has 2 heterocycles. The van der Waals surface area contributed by atoms with Gasteiger partial charge in [0.1, 0.15) is 6.04 Å². The molecule has 0 saturated carbocycles. The highest BCUT2D eigenvalue weighted by atomic mass is 35.5. The Balaban J connectivity index is 1.68. The van der Waals surface area contributed by atoms with Gasteiger partial charge in [0.25, 0.3) is 5.91 Å². The first-order chi connectivity index (χ1) is 12.0. The molecule has 3 N–H and O–H groups in total. The third-order valence-corrected chi connectivity index (χ3v) is 4.53. The lowest BCUT2D eigenvalue weighted by molar-refractivity contribution is -0.125. The van der Waals surface area contributed by atoms with E-state index >= 15 is 0 Å². The first-order valence-corrected chi connectivity index (χ1v) is 8.34. The first kappa shape index (κ1) is 17.4. The van der Waals surface area contributed by atoms with Gasteiger partial charge >= 0.3 is 0 Å². The summed E-state index contributed by atoms with van der Waals surface area (Å²) in [6.45, 7) is 2.19. The van der Waals surface area contributed by atoms with Crippen molar-refractivity contribution in [2.24, 2.45) is 0 Å². The summed E-state index contributed by atoms with van der Waals surface area (Å²) in [7, 11) is 0. The maximum Gasteiger partial charge on any atom is 0.258 e. The minimum atomic E-state index is -0.720. The summed E-state index contributed by atoms with van der Waals surface area (Å²) in [4.78, 5) is 26.6. The van der Waals surface area contributed by atoms with Crippen molar-refractivity contribution in [1.29, 1.82) is 0 Å². The van der Waals surface area contributed by atoms with E-state index in [1.807, 2.05) is 12.1 Å². The molecule has 25 heavy (non-hydrogen) atoms. The van der Waals surface area contributed by atoms with E-state index < -0.39 is 12.1 Å². The Morgan fingerprint density at radius 3 is 2.76 bits per heavy atom. The molecule has 1 saturated heterocycles. The molecular weight excluding hydrogens is 344 g/mol. The van der Waals surface area contributed by atoms with Gasteiger partial charge in [-0.1, -0.05) is 23.7 Å². The maximum atomic E-state index is 12.7. The predicted molar refractivity (Wildman–Crippen MR) is 92.1 cm³/mol. The Hall–Kier alpha value is -2.38. The number of aliphatic hydroxyl groups excluding tert-OH is 1. The fraction of sp³-hybridized carbons (Fsp3) is 0.353. The lowest BCUT2D eigenvalue weighted by Crippen LogP contribution is -2.45. The van der Waals surface area contributed by atoms with E-state index in [1.165, 1.54) is 11.1 Å². The number of aromatic amines is 1. The average molecular weight is 363 g/mol. The zero-order valence-corrected chi connectivity index (χ0v) is 14.5. The van der Waals surface area contributed by atoms with Crippen molar-refractivity contribution in [1.82, 2.24) is 20.4 Å². The first-order valence-electron chi connectivity index (χ1n) is 7.97. The van der Waals surface area contributed by atoms with Crippen LogP contribution < -0.4 is 5.32 Å². The van der Waals surface area contributed by atoms with Crippen LogP contribution >= 0.6 is 11.6 Å². The van der Waals surface area contributed by atoms with Gasteiger partial charge in [0.15, 0.2) is 0 Å². The van der Waals surface area contributed by atoms with Gasteiger partial charge < -0.3 is 15.3 Å². The molecule has 132 valence electrons. The molecule has 0 bridgehead atoms. The number of aliphatic hydroxyl groups is 1. The molecule has 7 nitrogen and oxygen atoms in total. The lowest BCUT2D eigenvalue weighted by Gasteiger charge is -2.23. The zero-order chi connectivity index (χ0) is 18.0. The Kier molecular flexibility index (Phi) is 5.06. The molecule has 1 aliphatic heterocycles. The number of benzene rings is 1. The number of nitrogens with one attached hydrogen (secondary N) is 2. The fourth-order valence-electron chi connectivity index (χ4n) is 2.92. The molecule has 1 aliphatic rings. The number of H-pyrrole nitrogens is 1. The van der Waals surface area contributed by atoms with Crippen molar-refractivity contribution < 1.29 is 14.7 Å². The van der Waals surface area contributed by atoms with Crippen LogP contribution in [-0.2, 0) is 11.3 Å². The van der Waals surface area contributed by atoms with Crippen molar-refractivity contribution in [2.75, 3.05) is 6.54 Å². The topological polar surface area (TPSA) is 98.3 Å². The second-order valence-electron chi connectivity index (χ2n) is 6.12. The van der Waals surface area contributed by atoms with Crippen LogP contribution in [0.25, 0.3) is 0 Å². The van der Waals surface area contributed by atoms with E-state index in [0.29, 0.717) is 22.8 Å². The van der Waals surface area contributed by atoms with Crippen molar-refractivity contribution in [3.05, 3.63) is 52.3 Å². The standard InChI is InChI=1S/C17H19ClN4O3/c1-10-14(8-20-21-10)17(25)22-9-13(23)6-15(22)16(24)19-7-11-2-4-12(18)5-3-11/h2-5,8,13,15,23H,6-7,9H2,1H3,(H,19,24)(H,20,21). The van der Waals surface area contributed by atoms with Crippen LogP contribution in [0.4, 0.5) is 0 Å². The van der Waals surface area contributed by atoms with Crippen LogP contribution in [0.1, 0.15) is 28.0 Å². The molecule has 1 fully saturated rings. The number of carbonyl (C=O) groups excluding carboxylic acids is 2. The summed E-state index contributed by atoms with van der Waals surface area (Å²) >= 11 is 5.84. The lowest BCUT2D eigenvalue weighted by atomic mass is 10.1. The quantitative estimate of drug-likeness (QED) is 0.762. The number of hydrogen-bond acceptors (Lipinski definition) is 4.